The fourth-order valence-corrected chi connectivity index (χ4v) is 7.93. The van der Waals surface area contributed by atoms with E-state index in [1.54, 1.807) is 17.0 Å². The molecular weight excluding hydrogens is 662 g/mol. The summed E-state index contributed by atoms with van der Waals surface area (Å²) in [6.45, 7) is 0.0838. The molecule has 5 rings (SSSR count). The molecule has 3 aromatic rings. The number of halogens is 6. The van der Waals surface area contributed by atoms with Crippen LogP contribution in [0.25, 0.3) is 0 Å². The molecule has 0 N–H and O–H groups in total. The highest BCUT2D eigenvalue weighted by molar-refractivity contribution is 7.89. The van der Waals surface area contributed by atoms with Crippen LogP contribution in [0, 0.1) is 5.92 Å². The lowest BCUT2D eigenvalue weighted by atomic mass is 9.90. The average molecular weight is 699 g/mol. The van der Waals surface area contributed by atoms with Crippen LogP contribution in [-0.4, -0.2) is 63.0 Å². The first-order valence-electron chi connectivity index (χ1n) is 15.6. The third kappa shape index (κ3) is 8.15. The number of carbonyl (C=O) groups excluding carboxylic acids is 1. The standard InChI is InChI=1S/C34H36F6N2O5S/c1-46-32(43)30-21-41(19-20-42(30)48(44,45)29-17-15-28(16-18-29)47-22-23-5-3-2-4-6-23)31(24-7-11-26(12-8-24)33(35,36)37)25-9-13-27(14-10-25)34(38,39)40/h7-18,23,30-31H,2-6,19-22H2,1H3/t30-/m0/s1. The minimum atomic E-state index is -4.61. The molecule has 0 amide bonds. The molecule has 1 aliphatic carbocycles. The second-order valence-electron chi connectivity index (χ2n) is 12.1. The largest absolute Gasteiger partial charge is 0.493 e. The maximum atomic E-state index is 13.9. The monoisotopic (exact) mass is 698 g/mol. The van der Waals surface area contributed by atoms with Crippen molar-refractivity contribution in [2.24, 2.45) is 5.92 Å². The minimum absolute atomic E-state index is 0.00200. The van der Waals surface area contributed by atoms with E-state index in [1.165, 1.54) is 42.8 Å². The van der Waals surface area contributed by atoms with Crippen molar-refractivity contribution in [3.8, 4) is 5.75 Å². The molecule has 0 radical (unpaired) electrons. The molecule has 14 heteroatoms. The smallest absolute Gasteiger partial charge is 0.416 e. The molecule has 1 saturated heterocycles. The molecule has 260 valence electrons. The summed E-state index contributed by atoms with van der Waals surface area (Å²) in [5.74, 6) is 0.104. The number of carbonyl (C=O) groups is 1. The first-order chi connectivity index (χ1) is 22.7. The summed E-state index contributed by atoms with van der Waals surface area (Å²) in [6.07, 6.45) is -3.51. The summed E-state index contributed by atoms with van der Waals surface area (Å²) < 4.78 is 120. The fourth-order valence-electron chi connectivity index (χ4n) is 6.37. The van der Waals surface area contributed by atoms with Crippen molar-refractivity contribution in [2.75, 3.05) is 33.4 Å². The van der Waals surface area contributed by atoms with E-state index in [2.05, 4.69) is 0 Å². The maximum absolute atomic E-state index is 13.9. The Bertz CT molecular complexity index is 1580. The van der Waals surface area contributed by atoms with E-state index in [9.17, 15) is 39.6 Å². The second-order valence-corrected chi connectivity index (χ2v) is 14.0. The molecule has 0 aromatic heterocycles. The Hall–Kier alpha value is -3.62. The van der Waals surface area contributed by atoms with Crippen LogP contribution >= 0.6 is 0 Å². The lowest BCUT2D eigenvalue weighted by molar-refractivity contribution is -0.147. The average Bonchev–Trinajstić information content (AvgIpc) is 3.07. The van der Waals surface area contributed by atoms with E-state index in [-0.39, 0.29) is 24.5 Å². The summed E-state index contributed by atoms with van der Waals surface area (Å²) in [5, 5.41) is 0. The number of alkyl halides is 6. The normalized spacial score (nSPS) is 19.0. The lowest BCUT2D eigenvalue weighted by Gasteiger charge is -2.42. The van der Waals surface area contributed by atoms with Crippen LogP contribution in [-0.2, 0) is 31.9 Å². The molecule has 1 heterocycles. The molecular formula is C34H36F6N2O5S. The number of hydrogen-bond donors (Lipinski definition) is 0. The Morgan fingerprint density at radius 3 is 1.79 bits per heavy atom. The highest BCUT2D eigenvalue weighted by atomic mass is 32.2. The predicted octanol–water partition coefficient (Wildman–Crippen LogP) is 7.32. The van der Waals surface area contributed by atoms with Crippen molar-refractivity contribution in [3.05, 3.63) is 95.1 Å². The summed E-state index contributed by atoms with van der Waals surface area (Å²) in [5.41, 5.74) is -1.20. The van der Waals surface area contributed by atoms with E-state index < -0.39 is 51.6 Å². The van der Waals surface area contributed by atoms with Gasteiger partial charge in [0.2, 0.25) is 10.0 Å². The van der Waals surface area contributed by atoms with Gasteiger partial charge in [-0.15, -0.1) is 0 Å². The van der Waals surface area contributed by atoms with Gasteiger partial charge in [-0.25, -0.2) is 8.42 Å². The molecule has 2 fully saturated rings. The Morgan fingerprint density at radius 2 is 1.31 bits per heavy atom. The first kappa shape index (κ1) is 35.7. The van der Waals surface area contributed by atoms with Gasteiger partial charge in [0.05, 0.1) is 35.8 Å². The number of hydrogen-bond acceptors (Lipinski definition) is 6. The summed E-state index contributed by atoms with van der Waals surface area (Å²) >= 11 is 0. The van der Waals surface area contributed by atoms with Crippen LogP contribution in [0.3, 0.4) is 0 Å². The van der Waals surface area contributed by atoms with Crippen LogP contribution in [0.1, 0.15) is 60.4 Å². The Balaban J connectivity index is 1.41. The van der Waals surface area contributed by atoms with Crippen LogP contribution in [0.4, 0.5) is 26.3 Å². The molecule has 1 saturated carbocycles. The topological polar surface area (TPSA) is 76.2 Å². The van der Waals surface area contributed by atoms with Gasteiger partial charge in [0, 0.05) is 19.6 Å². The molecule has 0 bridgehead atoms. The maximum Gasteiger partial charge on any atom is 0.416 e. The quantitative estimate of drug-likeness (QED) is 0.172. The molecule has 0 unspecified atom stereocenters. The Morgan fingerprint density at radius 1 is 0.792 bits per heavy atom. The number of piperazine rings is 1. The van der Waals surface area contributed by atoms with Gasteiger partial charge < -0.3 is 9.47 Å². The number of benzene rings is 3. The van der Waals surface area contributed by atoms with E-state index >= 15 is 0 Å². The van der Waals surface area contributed by atoms with E-state index in [4.69, 9.17) is 9.47 Å². The highest BCUT2D eigenvalue weighted by Gasteiger charge is 2.43. The SMILES string of the molecule is COC(=O)[C@@H]1CN(C(c2ccc(C(F)(F)F)cc2)c2ccc(C(F)(F)F)cc2)CCN1S(=O)(=O)c1ccc(OCC2CCCCC2)cc1. The number of esters is 1. The van der Waals surface area contributed by atoms with Gasteiger partial charge in [0.15, 0.2) is 0 Å². The third-order valence-corrected chi connectivity index (χ3v) is 10.9. The van der Waals surface area contributed by atoms with Gasteiger partial charge in [-0.1, -0.05) is 43.5 Å². The van der Waals surface area contributed by atoms with E-state index in [1.807, 2.05) is 0 Å². The van der Waals surface area contributed by atoms with Crippen molar-refractivity contribution >= 4 is 16.0 Å². The first-order valence-corrected chi connectivity index (χ1v) is 17.0. The zero-order chi connectivity index (χ0) is 34.7. The number of nitrogens with zero attached hydrogens (tertiary/aromatic N) is 2. The van der Waals surface area contributed by atoms with Gasteiger partial charge in [0.1, 0.15) is 11.8 Å². The van der Waals surface area contributed by atoms with E-state index in [0.29, 0.717) is 29.4 Å². The number of sulfonamides is 1. The van der Waals surface area contributed by atoms with Gasteiger partial charge in [0.25, 0.3) is 0 Å². The molecule has 0 spiro atoms. The molecule has 1 atom stereocenters. The van der Waals surface area contributed by atoms with Crippen molar-refractivity contribution in [1.82, 2.24) is 9.21 Å². The van der Waals surface area contributed by atoms with Crippen LogP contribution < -0.4 is 4.74 Å². The van der Waals surface area contributed by atoms with Crippen LogP contribution in [0.2, 0.25) is 0 Å². The third-order valence-electron chi connectivity index (χ3n) is 8.95. The Kier molecular flexibility index (Phi) is 10.8. The van der Waals surface area contributed by atoms with Gasteiger partial charge in [-0.05, 0) is 78.4 Å². The second kappa shape index (κ2) is 14.5. The van der Waals surface area contributed by atoms with Gasteiger partial charge in [-0.3, -0.25) is 9.69 Å². The number of methoxy groups -OCH3 is 1. The minimum Gasteiger partial charge on any atom is -0.493 e. The van der Waals surface area contributed by atoms with Crippen molar-refractivity contribution in [1.29, 1.82) is 0 Å². The molecule has 48 heavy (non-hydrogen) atoms. The summed E-state index contributed by atoms with van der Waals surface area (Å²) in [4.78, 5) is 14.7. The summed E-state index contributed by atoms with van der Waals surface area (Å²) in [6, 6.07) is 12.0. The van der Waals surface area contributed by atoms with Crippen molar-refractivity contribution < 1.29 is 49.0 Å². The zero-order valence-electron chi connectivity index (χ0n) is 26.1. The fraction of sp³-hybridized carbons (Fsp3) is 0.441. The number of rotatable bonds is 9. The van der Waals surface area contributed by atoms with Crippen LogP contribution in [0.5, 0.6) is 5.75 Å². The molecule has 7 nitrogen and oxygen atoms in total. The zero-order valence-corrected chi connectivity index (χ0v) is 27.0. The van der Waals surface area contributed by atoms with Crippen LogP contribution in [0.15, 0.2) is 77.7 Å². The van der Waals surface area contributed by atoms with Gasteiger partial charge in [-0.2, -0.15) is 30.6 Å². The molecule has 1 aliphatic heterocycles. The van der Waals surface area contributed by atoms with Gasteiger partial charge >= 0.3 is 18.3 Å². The van der Waals surface area contributed by atoms with E-state index in [0.717, 1.165) is 61.4 Å². The molecule has 2 aliphatic rings. The predicted molar refractivity (Wildman–Crippen MR) is 165 cm³/mol. The Labute approximate surface area is 275 Å². The lowest BCUT2D eigenvalue weighted by Crippen LogP contribution is -2.59. The number of ether oxygens (including phenoxy) is 2. The highest BCUT2D eigenvalue weighted by Crippen LogP contribution is 2.37. The van der Waals surface area contributed by atoms with Crippen molar-refractivity contribution in [2.45, 2.75) is 61.4 Å². The summed E-state index contributed by atoms with van der Waals surface area (Å²) in [7, 11) is -3.14. The molecule has 3 aromatic carbocycles. The van der Waals surface area contributed by atoms with Crippen molar-refractivity contribution in [3.63, 3.8) is 0 Å².